The van der Waals surface area contributed by atoms with Crippen LogP contribution in [0.4, 0.5) is 0 Å². The van der Waals surface area contributed by atoms with E-state index in [2.05, 4.69) is 5.10 Å². The number of hydrogen-bond acceptors (Lipinski definition) is 4. The van der Waals surface area contributed by atoms with Crippen LogP contribution in [0.2, 0.25) is 0 Å². The third-order valence-electron chi connectivity index (χ3n) is 3.16. The molecule has 1 heterocycles. The van der Waals surface area contributed by atoms with Crippen LogP contribution in [0.1, 0.15) is 37.2 Å². The summed E-state index contributed by atoms with van der Waals surface area (Å²) in [4.78, 5) is 25.3. The maximum Gasteiger partial charge on any atom is 0.274 e. The van der Waals surface area contributed by atoms with E-state index >= 15 is 0 Å². The van der Waals surface area contributed by atoms with E-state index in [4.69, 9.17) is 5.11 Å². The first-order valence-electron chi connectivity index (χ1n) is 6.51. The van der Waals surface area contributed by atoms with Crippen molar-refractivity contribution < 1.29 is 9.90 Å². The van der Waals surface area contributed by atoms with Gasteiger partial charge >= 0.3 is 0 Å². The Morgan fingerprint density at radius 1 is 1.42 bits per heavy atom. The summed E-state index contributed by atoms with van der Waals surface area (Å²) < 4.78 is 1.14. The average molecular weight is 267 g/mol. The highest BCUT2D eigenvalue weighted by Crippen LogP contribution is 2.11. The van der Waals surface area contributed by atoms with Crippen LogP contribution in [0.5, 0.6) is 0 Å². The number of amides is 1. The smallest absolute Gasteiger partial charge is 0.274 e. The second kappa shape index (κ2) is 7.04. The molecule has 1 amide bonds. The first kappa shape index (κ1) is 15.4. The molecule has 0 aromatic carbocycles. The molecule has 0 unspecified atom stereocenters. The predicted molar refractivity (Wildman–Crippen MR) is 72.0 cm³/mol. The summed E-state index contributed by atoms with van der Waals surface area (Å²) in [7, 11) is 1.51. The average Bonchev–Trinajstić information content (AvgIpc) is 2.41. The van der Waals surface area contributed by atoms with E-state index in [1.54, 1.807) is 4.90 Å². The standard InChI is InChI=1S/C13H21N3O3/c1-4-10(5-2)16(8-9-17)13(19)11-6-7-12(18)15(3)14-11/h6-7,10,17H,4-5,8-9H2,1-3H3. The number of aromatic nitrogens is 2. The lowest BCUT2D eigenvalue weighted by Gasteiger charge is -2.29. The minimum Gasteiger partial charge on any atom is -0.395 e. The number of hydrogen-bond donors (Lipinski definition) is 1. The van der Waals surface area contributed by atoms with E-state index < -0.39 is 0 Å². The van der Waals surface area contributed by atoms with E-state index in [-0.39, 0.29) is 36.4 Å². The number of nitrogens with zero attached hydrogens (tertiary/aromatic N) is 3. The fourth-order valence-corrected chi connectivity index (χ4v) is 2.05. The quantitative estimate of drug-likeness (QED) is 0.809. The molecule has 0 spiro atoms. The van der Waals surface area contributed by atoms with Gasteiger partial charge in [0, 0.05) is 25.7 Å². The van der Waals surface area contributed by atoms with Crippen LogP contribution >= 0.6 is 0 Å². The molecule has 1 aromatic heterocycles. The van der Waals surface area contributed by atoms with Gasteiger partial charge in [-0.05, 0) is 18.9 Å². The first-order chi connectivity index (χ1) is 9.04. The summed E-state index contributed by atoms with van der Waals surface area (Å²) in [5.74, 6) is -0.252. The van der Waals surface area contributed by atoms with Gasteiger partial charge in [0.1, 0.15) is 5.69 Å². The van der Waals surface area contributed by atoms with Gasteiger partial charge in [0.15, 0.2) is 0 Å². The van der Waals surface area contributed by atoms with Gasteiger partial charge in [-0.25, -0.2) is 4.68 Å². The van der Waals surface area contributed by atoms with Gasteiger partial charge in [-0.1, -0.05) is 13.8 Å². The zero-order chi connectivity index (χ0) is 14.4. The van der Waals surface area contributed by atoms with Crippen LogP contribution in [0.25, 0.3) is 0 Å². The summed E-state index contributed by atoms with van der Waals surface area (Å²) in [6.45, 7) is 4.18. The van der Waals surface area contributed by atoms with Crippen molar-refractivity contribution in [3.8, 4) is 0 Å². The van der Waals surface area contributed by atoms with Crippen molar-refractivity contribution in [3.63, 3.8) is 0 Å². The third kappa shape index (κ3) is 3.64. The number of rotatable bonds is 6. The maximum absolute atomic E-state index is 12.4. The van der Waals surface area contributed by atoms with Crippen molar-refractivity contribution in [2.24, 2.45) is 7.05 Å². The molecular formula is C13H21N3O3. The van der Waals surface area contributed by atoms with E-state index in [1.165, 1.54) is 19.2 Å². The molecule has 1 N–H and O–H groups in total. The maximum atomic E-state index is 12.4. The first-order valence-corrected chi connectivity index (χ1v) is 6.51. The molecule has 0 radical (unpaired) electrons. The van der Waals surface area contributed by atoms with Gasteiger partial charge in [0.05, 0.1) is 6.61 Å². The largest absolute Gasteiger partial charge is 0.395 e. The highest BCUT2D eigenvalue weighted by atomic mass is 16.3. The molecule has 0 fully saturated rings. The SMILES string of the molecule is CCC(CC)N(CCO)C(=O)c1ccc(=O)n(C)n1. The highest BCUT2D eigenvalue weighted by Gasteiger charge is 2.23. The van der Waals surface area contributed by atoms with E-state index in [0.29, 0.717) is 0 Å². The zero-order valence-electron chi connectivity index (χ0n) is 11.7. The van der Waals surface area contributed by atoms with E-state index in [0.717, 1.165) is 17.5 Å². The summed E-state index contributed by atoms with van der Waals surface area (Å²) in [5, 5.41) is 13.1. The molecule has 0 aliphatic heterocycles. The van der Waals surface area contributed by atoms with Crippen LogP contribution in [0.3, 0.4) is 0 Å². The second-order valence-electron chi connectivity index (χ2n) is 4.37. The molecule has 0 aliphatic rings. The fraction of sp³-hybridized carbons (Fsp3) is 0.615. The summed E-state index contributed by atoms with van der Waals surface area (Å²) >= 11 is 0. The Bertz CT molecular complexity index is 480. The van der Waals surface area contributed by atoms with Crippen LogP contribution < -0.4 is 5.56 Å². The molecule has 6 heteroatoms. The Hall–Kier alpha value is -1.69. The Labute approximate surface area is 112 Å². The molecule has 0 saturated heterocycles. The Balaban J connectivity index is 3.04. The molecule has 0 bridgehead atoms. The van der Waals surface area contributed by atoms with Gasteiger partial charge in [-0.15, -0.1) is 0 Å². The van der Waals surface area contributed by atoms with Gasteiger partial charge in [-0.2, -0.15) is 5.10 Å². The molecule has 1 aromatic rings. The van der Waals surface area contributed by atoms with Gasteiger partial charge in [-0.3, -0.25) is 9.59 Å². The van der Waals surface area contributed by atoms with Crippen LogP contribution in [0, 0.1) is 0 Å². The van der Waals surface area contributed by atoms with Crippen LogP contribution in [-0.4, -0.2) is 44.9 Å². The van der Waals surface area contributed by atoms with Gasteiger partial charge < -0.3 is 10.0 Å². The summed E-state index contributed by atoms with van der Waals surface area (Å²) in [6.07, 6.45) is 1.63. The van der Waals surface area contributed by atoms with Crippen LogP contribution in [0.15, 0.2) is 16.9 Å². The lowest BCUT2D eigenvalue weighted by Crippen LogP contribution is -2.42. The third-order valence-corrected chi connectivity index (χ3v) is 3.16. The number of aliphatic hydroxyl groups excluding tert-OH is 1. The van der Waals surface area contributed by atoms with Crippen molar-refractivity contribution >= 4 is 5.91 Å². The van der Waals surface area contributed by atoms with Crippen molar-refractivity contribution in [2.75, 3.05) is 13.2 Å². The Kier molecular flexibility index (Phi) is 5.69. The minimum atomic E-state index is -0.257. The van der Waals surface area contributed by atoms with E-state index in [1.807, 2.05) is 13.8 Å². The molecule has 0 atom stereocenters. The number of aliphatic hydroxyl groups is 1. The van der Waals surface area contributed by atoms with Crippen molar-refractivity contribution in [2.45, 2.75) is 32.7 Å². The topological polar surface area (TPSA) is 75.4 Å². The molecule has 1 rings (SSSR count). The van der Waals surface area contributed by atoms with E-state index in [9.17, 15) is 9.59 Å². The molecular weight excluding hydrogens is 246 g/mol. The van der Waals surface area contributed by atoms with Gasteiger partial charge in [0.25, 0.3) is 11.5 Å². The normalized spacial score (nSPS) is 10.8. The summed E-state index contributed by atoms with van der Waals surface area (Å²) in [6, 6.07) is 2.82. The lowest BCUT2D eigenvalue weighted by atomic mass is 10.1. The number of aryl methyl sites for hydroxylation is 1. The molecule has 106 valence electrons. The number of carbonyl (C=O) groups is 1. The van der Waals surface area contributed by atoms with Crippen molar-refractivity contribution in [1.29, 1.82) is 0 Å². The Morgan fingerprint density at radius 3 is 2.53 bits per heavy atom. The van der Waals surface area contributed by atoms with Gasteiger partial charge in [0.2, 0.25) is 0 Å². The van der Waals surface area contributed by atoms with Crippen molar-refractivity contribution in [3.05, 3.63) is 28.2 Å². The lowest BCUT2D eigenvalue weighted by molar-refractivity contribution is 0.0613. The van der Waals surface area contributed by atoms with Crippen molar-refractivity contribution in [1.82, 2.24) is 14.7 Å². The monoisotopic (exact) mass is 267 g/mol. The fourth-order valence-electron chi connectivity index (χ4n) is 2.05. The summed E-state index contributed by atoms with van der Waals surface area (Å²) in [5.41, 5.74) is -0.0322. The minimum absolute atomic E-state index is 0.0682. The molecule has 19 heavy (non-hydrogen) atoms. The van der Waals surface area contributed by atoms with Crippen LogP contribution in [-0.2, 0) is 7.05 Å². The predicted octanol–water partition coefficient (Wildman–Crippen LogP) is 0.403. The molecule has 6 nitrogen and oxygen atoms in total. The number of carbonyl (C=O) groups excluding carboxylic acids is 1. The molecule has 0 aliphatic carbocycles. The molecule has 0 saturated carbocycles. The highest BCUT2D eigenvalue weighted by molar-refractivity contribution is 5.92. The second-order valence-corrected chi connectivity index (χ2v) is 4.37. The Morgan fingerprint density at radius 2 is 2.05 bits per heavy atom. The zero-order valence-corrected chi connectivity index (χ0v) is 11.7.